The summed E-state index contributed by atoms with van der Waals surface area (Å²) in [4.78, 5) is 8.20. The standard InChI is InChI=1S/C15H16N4O3S/c1-3-19-10-9-17-15(19)23(20,21)18-12-6-4-5-11-13(22-2)7-8-16-14(11)12/h4-10,18H,3H2,1-2H3. The zero-order chi connectivity index (χ0) is 16.4. The van der Waals surface area contributed by atoms with Crippen LogP contribution in [0.4, 0.5) is 5.69 Å². The van der Waals surface area contributed by atoms with E-state index in [1.54, 1.807) is 42.3 Å². The van der Waals surface area contributed by atoms with Crippen LogP contribution in [0, 0.1) is 0 Å². The molecule has 1 aromatic carbocycles. The molecule has 0 fully saturated rings. The highest BCUT2D eigenvalue weighted by atomic mass is 32.2. The van der Waals surface area contributed by atoms with Gasteiger partial charge in [-0.3, -0.25) is 9.71 Å². The van der Waals surface area contributed by atoms with E-state index in [-0.39, 0.29) is 5.16 Å². The van der Waals surface area contributed by atoms with Crippen LogP contribution < -0.4 is 9.46 Å². The number of anilines is 1. The zero-order valence-electron chi connectivity index (χ0n) is 12.7. The number of benzene rings is 1. The second-order valence-electron chi connectivity index (χ2n) is 4.82. The molecule has 120 valence electrons. The normalized spacial score (nSPS) is 11.6. The number of imidazole rings is 1. The van der Waals surface area contributed by atoms with E-state index in [2.05, 4.69) is 14.7 Å². The Bertz CT molecular complexity index is 950. The first kappa shape index (κ1) is 15.3. The number of aromatic nitrogens is 3. The van der Waals surface area contributed by atoms with Crippen molar-refractivity contribution >= 4 is 26.6 Å². The first-order valence-corrected chi connectivity index (χ1v) is 8.51. The van der Waals surface area contributed by atoms with E-state index in [1.807, 2.05) is 13.0 Å². The number of para-hydroxylation sites is 1. The molecular weight excluding hydrogens is 316 g/mol. The monoisotopic (exact) mass is 332 g/mol. The predicted octanol–water partition coefficient (Wildman–Crippen LogP) is 2.26. The van der Waals surface area contributed by atoms with Gasteiger partial charge in [-0.1, -0.05) is 6.07 Å². The largest absolute Gasteiger partial charge is 0.496 e. The molecule has 0 saturated carbocycles. The first-order valence-electron chi connectivity index (χ1n) is 7.02. The molecule has 3 aromatic rings. The number of nitrogens with zero attached hydrogens (tertiary/aromatic N) is 3. The third kappa shape index (κ3) is 2.72. The van der Waals surface area contributed by atoms with Gasteiger partial charge in [0.25, 0.3) is 10.0 Å². The minimum absolute atomic E-state index is 0.0279. The highest BCUT2D eigenvalue weighted by Crippen LogP contribution is 2.29. The molecule has 7 nitrogen and oxygen atoms in total. The quantitative estimate of drug-likeness (QED) is 0.774. The van der Waals surface area contributed by atoms with Gasteiger partial charge in [0.1, 0.15) is 5.75 Å². The Hall–Kier alpha value is -2.61. The lowest BCUT2D eigenvalue weighted by molar-refractivity contribution is 0.419. The Balaban J connectivity index is 2.08. The van der Waals surface area contributed by atoms with Crippen molar-refractivity contribution in [2.45, 2.75) is 18.6 Å². The maximum absolute atomic E-state index is 12.6. The van der Waals surface area contributed by atoms with Crippen LogP contribution in [0.25, 0.3) is 10.9 Å². The average Bonchev–Trinajstić information content (AvgIpc) is 3.04. The fraction of sp³-hybridized carbons (Fsp3) is 0.200. The molecule has 0 atom stereocenters. The molecule has 3 rings (SSSR count). The van der Waals surface area contributed by atoms with E-state index in [0.29, 0.717) is 23.5 Å². The number of hydrogen-bond acceptors (Lipinski definition) is 5. The Labute approximate surface area is 134 Å². The average molecular weight is 332 g/mol. The lowest BCUT2D eigenvalue weighted by atomic mass is 10.2. The van der Waals surface area contributed by atoms with Gasteiger partial charge in [0.05, 0.1) is 18.3 Å². The maximum Gasteiger partial charge on any atom is 0.295 e. The molecule has 0 saturated heterocycles. The Morgan fingerprint density at radius 3 is 2.78 bits per heavy atom. The summed E-state index contributed by atoms with van der Waals surface area (Å²) in [7, 11) is -2.24. The van der Waals surface area contributed by atoms with Crippen molar-refractivity contribution in [3.8, 4) is 5.75 Å². The number of ether oxygens (including phenoxy) is 1. The lowest BCUT2D eigenvalue weighted by Crippen LogP contribution is -2.18. The first-order chi connectivity index (χ1) is 11.1. The van der Waals surface area contributed by atoms with Crippen LogP contribution in [0.15, 0.2) is 48.0 Å². The number of nitrogens with one attached hydrogen (secondary N) is 1. The molecule has 23 heavy (non-hydrogen) atoms. The van der Waals surface area contributed by atoms with Gasteiger partial charge >= 0.3 is 0 Å². The topological polar surface area (TPSA) is 86.1 Å². The summed E-state index contributed by atoms with van der Waals surface area (Å²) in [6.45, 7) is 2.36. The minimum Gasteiger partial charge on any atom is -0.496 e. The SMILES string of the molecule is CCn1ccnc1S(=O)(=O)Nc1cccc2c(OC)ccnc12. The van der Waals surface area contributed by atoms with Gasteiger partial charge in [-0.25, -0.2) is 4.98 Å². The third-order valence-corrected chi connectivity index (χ3v) is 4.76. The van der Waals surface area contributed by atoms with E-state index < -0.39 is 10.0 Å². The number of methoxy groups -OCH3 is 1. The van der Waals surface area contributed by atoms with Gasteiger partial charge in [-0.2, -0.15) is 8.42 Å². The molecule has 2 heterocycles. The fourth-order valence-corrected chi connectivity index (χ4v) is 3.63. The summed E-state index contributed by atoms with van der Waals surface area (Å²) >= 11 is 0. The lowest BCUT2D eigenvalue weighted by Gasteiger charge is -2.12. The number of fused-ring (bicyclic) bond motifs is 1. The van der Waals surface area contributed by atoms with Crippen molar-refractivity contribution in [3.63, 3.8) is 0 Å². The Morgan fingerprint density at radius 1 is 1.22 bits per heavy atom. The molecule has 0 radical (unpaired) electrons. The van der Waals surface area contributed by atoms with Gasteiger partial charge < -0.3 is 9.30 Å². The van der Waals surface area contributed by atoms with E-state index in [0.717, 1.165) is 5.39 Å². The van der Waals surface area contributed by atoms with Crippen molar-refractivity contribution in [3.05, 3.63) is 42.9 Å². The second-order valence-corrected chi connectivity index (χ2v) is 6.39. The van der Waals surface area contributed by atoms with Crippen LogP contribution in [-0.4, -0.2) is 30.1 Å². The van der Waals surface area contributed by atoms with Crippen molar-refractivity contribution < 1.29 is 13.2 Å². The molecule has 0 amide bonds. The van der Waals surface area contributed by atoms with Crippen molar-refractivity contribution in [1.82, 2.24) is 14.5 Å². The smallest absolute Gasteiger partial charge is 0.295 e. The highest BCUT2D eigenvalue weighted by Gasteiger charge is 2.21. The predicted molar refractivity (Wildman–Crippen MR) is 87.0 cm³/mol. The van der Waals surface area contributed by atoms with Gasteiger partial charge in [0.2, 0.25) is 5.16 Å². The summed E-state index contributed by atoms with van der Waals surface area (Å²) in [5.74, 6) is 0.631. The molecular formula is C15H16N4O3S. The highest BCUT2D eigenvalue weighted by molar-refractivity contribution is 7.92. The molecule has 1 N–H and O–H groups in total. The van der Waals surface area contributed by atoms with Gasteiger partial charge in [-0.15, -0.1) is 0 Å². The molecule has 0 unspecified atom stereocenters. The number of pyridine rings is 1. The van der Waals surface area contributed by atoms with E-state index in [1.165, 1.54) is 6.20 Å². The summed E-state index contributed by atoms with van der Waals surface area (Å²) in [5, 5.41) is 0.703. The minimum atomic E-state index is -3.80. The summed E-state index contributed by atoms with van der Waals surface area (Å²) < 4.78 is 34.6. The van der Waals surface area contributed by atoms with E-state index in [9.17, 15) is 8.42 Å². The summed E-state index contributed by atoms with van der Waals surface area (Å²) in [6, 6.07) is 6.96. The van der Waals surface area contributed by atoms with Gasteiger partial charge in [-0.05, 0) is 25.1 Å². The van der Waals surface area contributed by atoms with Crippen LogP contribution in [0.1, 0.15) is 6.92 Å². The molecule has 0 aliphatic carbocycles. The van der Waals surface area contributed by atoms with Crippen molar-refractivity contribution in [2.75, 3.05) is 11.8 Å². The van der Waals surface area contributed by atoms with Crippen molar-refractivity contribution in [1.29, 1.82) is 0 Å². The number of aryl methyl sites for hydroxylation is 1. The summed E-state index contributed by atoms with van der Waals surface area (Å²) in [6.07, 6.45) is 4.66. The summed E-state index contributed by atoms with van der Waals surface area (Å²) in [5.41, 5.74) is 0.900. The molecule has 0 spiro atoms. The number of hydrogen-bond donors (Lipinski definition) is 1. The van der Waals surface area contributed by atoms with Crippen LogP contribution in [0.5, 0.6) is 5.75 Å². The van der Waals surface area contributed by atoms with Crippen LogP contribution in [0.3, 0.4) is 0 Å². The third-order valence-electron chi connectivity index (χ3n) is 3.45. The molecule has 2 aromatic heterocycles. The number of sulfonamides is 1. The van der Waals surface area contributed by atoms with E-state index in [4.69, 9.17) is 4.74 Å². The molecule has 0 aliphatic heterocycles. The molecule has 0 aliphatic rings. The van der Waals surface area contributed by atoms with Crippen LogP contribution in [-0.2, 0) is 16.6 Å². The Kier molecular flexibility index (Phi) is 3.91. The molecule has 8 heteroatoms. The van der Waals surface area contributed by atoms with E-state index >= 15 is 0 Å². The zero-order valence-corrected chi connectivity index (χ0v) is 13.5. The Morgan fingerprint density at radius 2 is 2.04 bits per heavy atom. The number of rotatable bonds is 5. The van der Waals surface area contributed by atoms with Crippen LogP contribution >= 0.6 is 0 Å². The molecule has 0 bridgehead atoms. The van der Waals surface area contributed by atoms with Crippen LogP contribution in [0.2, 0.25) is 0 Å². The van der Waals surface area contributed by atoms with Crippen molar-refractivity contribution in [2.24, 2.45) is 0 Å². The second kappa shape index (κ2) is 5.88. The van der Waals surface area contributed by atoms with Gasteiger partial charge in [0.15, 0.2) is 0 Å². The fourth-order valence-electron chi connectivity index (χ4n) is 2.38. The van der Waals surface area contributed by atoms with Gasteiger partial charge in [0, 0.05) is 30.5 Å². The maximum atomic E-state index is 12.6.